The molecule has 0 saturated carbocycles. The minimum Gasteiger partial charge on any atom is -0.744 e. The third-order valence-electron chi connectivity index (χ3n) is 6.65. The van der Waals surface area contributed by atoms with Gasteiger partial charge in [-0.25, -0.2) is 25.3 Å². The van der Waals surface area contributed by atoms with Gasteiger partial charge in [-0.3, -0.25) is 13.8 Å². The molecule has 0 fully saturated rings. The number of amidine groups is 1. The fourth-order valence-corrected chi connectivity index (χ4v) is 7.23. The molecule has 25 nitrogen and oxygen atoms in total. The van der Waals surface area contributed by atoms with Gasteiger partial charge in [-0.1, -0.05) is 36.4 Å². The molecule has 62 heavy (non-hydrogen) atoms. The number of halogens is 1. The largest absolute Gasteiger partial charge is 1.00 e. The Bertz CT molecular complexity index is 2650. The summed E-state index contributed by atoms with van der Waals surface area (Å²) in [5, 5.41) is 40.9. The van der Waals surface area contributed by atoms with Crippen molar-refractivity contribution in [2.24, 2.45) is 15.3 Å². The van der Waals surface area contributed by atoms with Crippen LogP contribution < -0.4 is 105 Å². The van der Waals surface area contributed by atoms with Crippen molar-refractivity contribution in [1.29, 1.82) is 0 Å². The van der Waals surface area contributed by atoms with E-state index in [9.17, 15) is 62.1 Å². The number of benzene rings is 3. The zero-order valence-electron chi connectivity index (χ0n) is 31.8. The molecule has 4 rings (SSSR count). The van der Waals surface area contributed by atoms with Gasteiger partial charge in [-0.15, -0.1) is 15.9 Å². The van der Waals surface area contributed by atoms with Gasteiger partial charge in [0.1, 0.15) is 15.8 Å². The van der Waals surface area contributed by atoms with Gasteiger partial charge in [0, 0.05) is 17.0 Å². The third kappa shape index (κ3) is 20.3. The quantitative estimate of drug-likeness (QED) is 0.00546. The molecule has 0 aliphatic rings. The molecule has 0 amide bonds. The van der Waals surface area contributed by atoms with Gasteiger partial charge in [0.15, 0.2) is 21.4 Å². The zero-order valence-corrected chi connectivity index (χ0v) is 42.8. The number of anilines is 3. The van der Waals surface area contributed by atoms with Crippen LogP contribution in [0.25, 0.3) is 5.43 Å². The summed E-state index contributed by atoms with van der Waals surface area (Å²) in [5.41, 5.74) is 2.14. The van der Waals surface area contributed by atoms with Crippen molar-refractivity contribution in [3.8, 4) is 5.75 Å². The smallest absolute Gasteiger partial charge is 0.744 e. The van der Waals surface area contributed by atoms with Crippen molar-refractivity contribution in [1.82, 2.24) is 15.0 Å². The Morgan fingerprint density at radius 2 is 1.56 bits per heavy atom. The molecular weight excluding hydrogens is 1020 g/mol. The van der Waals surface area contributed by atoms with Crippen molar-refractivity contribution >= 4 is 87.3 Å². The fraction of sp³-hybridized carbons (Fsp3) is 0.185. The second-order valence-electron chi connectivity index (χ2n) is 10.7. The monoisotopic (exact) mass is 1040 g/mol. The molecular formula is C27H24CuFN9Na3O16S5. The Hall–Kier alpha value is -1.54. The predicted molar refractivity (Wildman–Crippen MR) is 191 cm³/mol. The van der Waals surface area contributed by atoms with Gasteiger partial charge in [0.25, 0.3) is 10.1 Å². The van der Waals surface area contributed by atoms with Crippen molar-refractivity contribution in [2.75, 3.05) is 35.3 Å². The van der Waals surface area contributed by atoms with E-state index in [4.69, 9.17) is 0 Å². The predicted octanol–water partition coefficient (Wildman–Crippen LogP) is -7.30. The third-order valence-corrected chi connectivity index (χ3v) is 11.1. The van der Waals surface area contributed by atoms with E-state index >= 15 is 0 Å². The summed E-state index contributed by atoms with van der Waals surface area (Å²) in [5.74, 6) is -3.81. The number of phenolic OH excluding ortho intramolecular Hbond substituents is 1. The van der Waals surface area contributed by atoms with E-state index in [0.29, 0.717) is 24.2 Å². The van der Waals surface area contributed by atoms with Crippen LogP contribution in [-0.4, -0.2) is 97.9 Å². The standard InChI is InChI=1S/C27H27FN9O16S5.Cu.3Na/c28-25-31-26(29-9-4-11-55(40,41)12-10-51-58(48,49)50)33-27(32-25)30-20-14-18(56(42,43)44)15-21(23(20)38)35-37-24(16-5-2-1-3-6-16)36-34-19-13-17(54-53-52-39)7-8-22(19)57(45,46)47;;;;/h1-3,5-8,13-15H,4,9-12H2,(H7-,29,30,31,32,33,34,35,36,37,38,39,42,43,44,45,46,47,48,49,50);;;;/q-1;4*+1/p-3. The molecule has 4 N–H and O–H groups in total. The van der Waals surface area contributed by atoms with Gasteiger partial charge in [-0.2, -0.15) is 32.1 Å². The van der Waals surface area contributed by atoms with Crippen molar-refractivity contribution in [3.05, 3.63) is 77.7 Å². The number of azo groups is 1. The molecule has 1 heterocycles. The summed E-state index contributed by atoms with van der Waals surface area (Å²) in [6, 6.07) is 11.8. The molecule has 35 heteroatoms. The van der Waals surface area contributed by atoms with Crippen molar-refractivity contribution < 1.29 is 181 Å². The summed E-state index contributed by atoms with van der Waals surface area (Å²) < 4.78 is 148. The maximum atomic E-state index is 14.4. The molecule has 0 aliphatic carbocycles. The maximum absolute atomic E-state index is 14.4. The van der Waals surface area contributed by atoms with Crippen molar-refractivity contribution in [3.63, 3.8) is 0 Å². The molecule has 0 atom stereocenters. The van der Waals surface area contributed by atoms with E-state index in [0.717, 1.165) is 18.2 Å². The number of hydrogen-bond acceptors (Lipinski definition) is 23. The minimum atomic E-state index is -5.29. The minimum absolute atomic E-state index is 0. The Morgan fingerprint density at radius 1 is 0.903 bits per heavy atom. The molecule has 1 aromatic heterocycles. The molecule has 4 aromatic rings. The van der Waals surface area contributed by atoms with E-state index in [-0.39, 0.29) is 129 Å². The Morgan fingerprint density at radius 3 is 2.18 bits per heavy atom. The van der Waals surface area contributed by atoms with E-state index in [1.165, 1.54) is 24.3 Å². The first-order valence-electron chi connectivity index (χ1n) is 15.2. The average Bonchev–Trinajstić information content (AvgIpc) is 3.12. The van der Waals surface area contributed by atoms with Gasteiger partial charge in [0.2, 0.25) is 22.3 Å². The average molecular weight is 1040 g/mol. The first kappa shape index (κ1) is 60.5. The molecule has 324 valence electrons. The van der Waals surface area contributed by atoms with Gasteiger partial charge in [0.05, 0.1) is 45.6 Å². The van der Waals surface area contributed by atoms with Crippen LogP contribution in [-0.2, 0) is 71.1 Å². The van der Waals surface area contributed by atoms with E-state index in [1.807, 2.05) is 0 Å². The number of hydrogen-bond donors (Lipinski definition) is 4. The van der Waals surface area contributed by atoms with Crippen molar-refractivity contribution in [2.45, 2.75) is 21.1 Å². The topological polar surface area (TPSA) is 388 Å². The number of rotatable bonds is 20. The summed E-state index contributed by atoms with van der Waals surface area (Å²) in [6.07, 6.45) is -1.57. The van der Waals surface area contributed by atoms with Crippen LogP contribution in [0.3, 0.4) is 0 Å². The van der Waals surface area contributed by atoms with Crippen LogP contribution in [0.4, 0.5) is 33.3 Å². The number of sulfone groups is 1. The van der Waals surface area contributed by atoms with Crippen LogP contribution in [0.2, 0.25) is 0 Å². The number of aromatic nitrogens is 3. The van der Waals surface area contributed by atoms with Crippen LogP contribution in [0.1, 0.15) is 12.0 Å². The Balaban J connectivity index is 0.00000930. The van der Waals surface area contributed by atoms with Gasteiger partial charge in [-0.05, 0) is 30.7 Å². The normalized spacial score (nSPS) is 12.0. The summed E-state index contributed by atoms with van der Waals surface area (Å²) >= 11 is 0.356. The molecule has 0 bridgehead atoms. The SMILES string of the molecule is O=S(=O)(CCCNc1nc(F)nc(Nc2cc(S(=O)(=O)[O-])cc(N=N/C(=N\[N-]c3cc(SOO[O-])ccc3S(=O)(=O)O)c3ccccc3)c2O)n1)CCOS(=O)(=O)[O-].[Cu+].[Na+].[Na+].[Na+]. The molecule has 3 aromatic carbocycles. The van der Waals surface area contributed by atoms with E-state index in [1.54, 1.807) is 6.07 Å². The Labute approximate surface area is 433 Å². The van der Waals surface area contributed by atoms with Crippen LogP contribution >= 0.6 is 12.0 Å². The number of nitrogens with zero attached hydrogens (tertiary/aromatic N) is 7. The van der Waals surface area contributed by atoms with Gasteiger partial charge >= 0.3 is 112 Å². The van der Waals surface area contributed by atoms with Crippen LogP contribution in [0.5, 0.6) is 5.75 Å². The molecule has 0 aliphatic heterocycles. The second-order valence-corrected chi connectivity index (χ2v) is 17.6. The maximum Gasteiger partial charge on any atom is 1.00 e. The number of nitrogens with one attached hydrogen (secondary N) is 2. The van der Waals surface area contributed by atoms with Crippen LogP contribution in [0, 0.1) is 6.08 Å². The molecule has 0 saturated heterocycles. The zero-order chi connectivity index (χ0) is 42.7. The summed E-state index contributed by atoms with van der Waals surface area (Å²) in [7, 11) is -19.2. The molecule has 0 spiro atoms. The first-order valence-corrected chi connectivity index (χ1v) is 21.9. The molecule has 0 unspecified atom stereocenters. The van der Waals surface area contributed by atoms with E-state index in [2.05, 4.69) is 59.9 Å². The number of phenols is 1. The first-order chi connectivity index (χ1) is 27.1. The Kier molecular flexibility index (Phi) is 26.5. The number of aromatic hydroxyl groups is 1. The second kappa shape index (κ2) is 27.2. The summed E-state index contributed by atoms with van der Waals surface area (Å²) in [6.45, 7) is -1.10. The van der Waals surface area contributed by atoms with Gasteiger partial charge < -0.3 is 40.6 Å². The summed E-state index contributed by atoms with van der Waals surface area (Å²) in [4.78, 5) is 8.95. The fourth-order valence-electron chi connectivity index (χ4n) is 4.20. The van der Waals surface area contributed by atoms with E-state index < -0.39 is 115 Å². The van der Waals surface area contributed by atoms with Crippen LogP contribution in [0.15, 0.2) is 90.7 Å². The molecule has 0 radical (unpaired) electrons.